The number of phenols is 1. The highest BCUT2D eigenvalue weighted by Gasteiger charge is 2.59. The molecule has 2 aliphatic heterocycles. The van der Waals surface area contributed by atoms with Crippen molar-refractivity contribution in [2.24, 2.45) is 5.92 Å². The molecule has 2 aliphatic rings. The van der Waals surface area contributed by atoms with Crippen LogP contribution in [0.25, 0.3) is 0 Å². The van der Waals surface area contributed by atoms with Crippen LogP contribution in [-0.4, -0.2) is 35.0 Å². The predicted octanol–water partition coefficient (Wildman–Crippen LogP) is 2.63. The maximum Gasteiger partial charge on any atom is 0.261 e. The molecule has 2 saturated heterocycles. The molecule has 1 N–H and O–H groups in total. The molecule has 2 amide bonds. The van der Waals surface area contributed by atoms with Crippen molar-refractivity contribution < 1.29 is 19.5 Å². The van der Waals surface area contributed by atoms with Gasteiger partial charge in [-0.05, 0) is 30.3 Å². The van der Waals surface area contributed by atoms with Gasteiger partial charge in [0.15, 0.2) is 6.10 Å². The first-order valence-corrected chi connectivity index (χ1v) is 8.59. The van der Waals surface area contributed by atoms with E-state index < -0.39 is 18.1 Å². The molecule has 7 heteroatoms. The Labute approximate surface area is 152 Å². The average molecular weight is 403 g/mol. The van der Waals surface area contributed by atoms with Gasteiger partial charge < -0.3 is 5.11 Å². The number of hydrogen-bond donors (Lipinski definition) is 1. The Morgan fingerprint density at radius 2 is 1.80 bits per heavy atom. The van der Waals surface area contributed by atoms with Crippen molar-refractivity contribution in [1.82, 2.24) is 4.90 Å². The minimum atomic E-state index is -0.888. The molecule has 2 aromatic carbocycles. The summed E-state index contributed by atoms with van der Waals surface area (Å²) in [7, 11) is 1.46. The number of amides is 2. The fourth-order valence-corrected chi connectivity index (χ4v) is 3.81. The van der Waals surface area contributed by atoms with Gasteiger partial charge in [-0.2, -0.15) is 0 Å². The Bertz CT molecular complexity index is 857. The molecule has 25 heavy (non-hydrogen) atoms. The van der Waals surface area contributed by atoms with Crippen LogP contribution in [0.3, 0.4) is 0 Å². The van der Waals surface area contributed by atoms with Gasteiger partial charge in [-0.1, -0.05) is 34.1 Å². The Morgan fingerprint density at radius 1 is 1.08 bits per heavy atom. The van der Waals surface area contributed by atoms with Crippen LogP contribution >= 0.6 is 15.9 Å². The zero-order chi connectivity index (χ0) is 17.7. The number of hydrogen-bond acceptors (Lipinski definition) is 5. The summed E-state index contributed by atoms with van der Waals surface area (Å²) in [5, 5.41) is 11.9. The average Bonchev–Trinajstić information content (AvgIpc) is 3.11. The molecule has 0 spiro atoms. The van der Waals surface area contributed by atoms with E-state index in [1.54, 1.807) is 23.3 Å². The molecule has 128 valence electrons. The van der Waals surface area contributed by atoms with E-state index in [2.05, 4.69) is 15.9 Å². The third kappa shape index (κ3) is 2.42. The van der Waals surface area contributed by atoms with E-state index >= 15 is 0 Å². The smallest absolute Gasteiger partial charge is 0.261 e. The summed E-state index contributed by atoms with van der Waals surface area (Å²) in [6, 6.07) is 13.7. The van der Waals surface area contributed by atoms with Crippen molar-refractivity contribution in [3.05, 3.63) is 58.6 Å². The summed E-state index contributed by atoms with van der Waals surface area (Å²) in [6.07, 6.45) is -0.888. The molecule has 3 unspecified atom stereocenters. The van der Waals surface area contributed by atoms with Gasteiger partial charge in [0, 0.05) is 17.1 Å². The van der Waals surface area contributed by atoms with E-state index in [0.29, 0.717) is 11.3 Å². The number of carbonyl (C=O) groups excluding carboxylic acids is 2. The lowest BCUT2D eigenvalue weighted by atomic mass is 9.90. The second-order valence-electron chi connectivity index (χ2n) is 6.10. The van der Waals surface area contributed by atoms with Gasteiger partial charge in [0.05, 0.1) is 11.7 Å². The summed E-state index contributed by atoms with van der Waals surface area (Å²) < 4.78 is 0.766. The number of rotatable bonds is 2. The molecule has 0 saturated carbocycles. The molecule has 2 heterocycles. The second kappa shape index (κ2) is 5.86. The number of fused-ring (bicyclic) bond motifs is 1. The SMILES string of the molecule is CN1C(=O)C2ON(c3ccccc3)C(c3cc(Br)ccc3O)C2C1=O. The Kier molecular flexibility index (Phi) is 3.77. The number of carbonyl (C=O) groups is 2. The van der Waals surface area contributed by atoms with Crippen molar-refractivity contribution in [2.45, 2.75) is 12.1 Å². The number of para-hydroxylation sites is 1. The van der Waals surface area contributed by atoms with E-state index in [1.165, 1.54) is 7.05 Å². The van der Waals surface area contributed by atoms with Gasteiger partial charge in [-0.15, -0.1) is 0 Å². The zero-order valence-electron chi connectivity index (χ0n) is 13.3. The number of likely N-dealkylation sites (tertiary alicyclic amines) is 1. The largest absolute Gasteiger partial charge is 0.508 e. The fraction of sp³-hybridized carbons (Fsp3) is 0.222. The first-order chi connectivity index (χ1) is 12.0. The quantitative estimate of drug-likeness (QED) is 0.781. The maximum atomic E-state index is 12.7. The van der Waals surface area contributed by atoms with Crippen LogP contribution in [0.2, 0.25) is 0 Å². The van der Waals surface area contributed by atoms with Crippen molar-refractivity contribution in [3.63, 3.8) is 0 Å². The topological polar surface area (TPSA) is 70.1 Å². The number of phenolic OH excluding ortho intramolecular Hbond substituents is 1. The minimum Gasteiger partial charge on any atom is -0.508 e. The van der Waals surface area contributed by atoms with Crippen LogP contribution in [-0.2, 0) is 14.4 Å². The van der Waals surface area contributed by atoms with Crippen LogP contribution in [0.5, 0.6) is 5.75 Å². The molecule has 0 bridgehead atoms. The van der Waals surface area contributed by atoms with Crippen molar-refractivity contribution in [1.29, 1.82) is 0 Å². The molecule has 2 aromatic rings. The van der Waals surface area contributed by atoms with Crippen LogP contribution in [0.4, 0.5) is 5.69 Å². The highest BCUT2D eigenvalue weighted by Crippen LogP contribution is 2.48. The number of nitrogens with zero attached hydrogens (tertiary/aromatic N) is 2. The highest BCUT2D eigenvalue weighted by molar-refractivity contribution is 9.10. The first-order valence-electron chi connectivity index (χ1n) is 7.80. The summed E-state index contributed by atoms with van der Waals surface area (Å²) >= 11 is 3.40. The van der Waals surface area contributed by atoms with Gasteiger partial charge in [-0.3, -0.25) is 19.3 Å². The summed E-state index contributed by atoms with van der Waals surface area (Å²) in [4.78, 5) is 32.0. The molecular formula is C18H15BrN2O4. The lowest BCUT2D eigenvalue weighted by molar-refractivity contribution is -0.141. The monoisotopic (exact) mass is 402 g/mol. The normalized spacial score (nSPS) is 25.6. The molecule has 0 aliphatic carbocycles. The number of likely N-dealkylation sites (N-methyl/N-ethyl adjacent to an activating group) is 1. The van der Waals surface area contributed by atoms with Gasteiger partial charge in [0.2, 0.25) is 5.91 Å². The predicted molar refractivity (Wildman–Crippen MR) is 93.6 cm³/mol. The maximum absolute atomic E-state index is 12.7. The highest BCUT2D eigenvalue weighted by atomic mass is 79.9. The third-order valence-corrected chi connectivity index (χ3v) is 5.15. The molecule has 4 rings (SSSR count). The Morgan fingerprint density at radius 3 is 2.52 bits per heavy atom. The molecule has 0 radical (unpaired) electrons. The van der Waals surface area contributed by atoms with Gasteiger partial charge >= 0.3 is 0 Å². The summed E-state index contributed by atoms with van der Waals surface area (Å²) in [5.41, 5.74) is 1.24. The number of anilines is 1. The number of benzene rings is 2. The molecule has 3 atom stereocenters. The number of aromatic hydroxyl groups is 1. The van der Waals surface area contributed by atoms with E-state index in [4.69, 9.17) is 4.84 Å². The standard InChI is InChI=1S/C18H15BrN2O4/c1-20-17(23)14-15(12-9-10(19)7-8-13(12)22)21(25-16(14)18(20)24)11-5-3-2-4-6-11/h2-9,14-16,22H,1H3. The number of halogens is 1. The lowest BCUT2D eigenvalue weighted by Gasteiger charge is -2.28. The molecular weight excluding hydrogens is 388 g/mol. The zero-order valence-corrected chi connectivity index (χ0v) is 14.9. The van der Waals surface area contributed by atoms with Crippen LogP contribution < -0.4 is 5.06 Å². The van der Waals surface area contributed by atoms with Crippen molar-refractivity contribution in [2.75, 3.05) is 12.1 Å². The minimum absolute atomic E-state index is 0.0492. The molecule has 2 fully saturated rings. The fourth-order valence-electron chi connectivity index (χ4n) is 3.43. The van der Waals surface area contributed by atoms with E-state index in [-0.39, 0.29) is 17.6 Å². The van der Waals surface area contributed by atoms with Crippen molar-refractivity contribution in [3.8, 4) is 5.75 Å². The van der Waals surface area contributed by atoms with Crippen LogP contribution in [0.15, 0.2) is 53.0 Å². The number of imide groups is 1. The van der Waals surface area contributed by atoms with E-state index in [1.807, 2.05) is 30.3 Å². The summed E-state index contributed by atoms with van der Waals surface area (Å²) in [5.74, 6) is -1.34. The van der Waals surface area contributed by atoms with Crippen LogP contribution in [0, 0.1) is 5.92 Å². The Hall–Kier alpha value is -2.38. The Balaban J connectivity index is 1.87. The molecule has 0 aromatic heterocycles. The van der Waals surface area contributed by atoms with E-state index in [9.17, 15) is 14.7 Å². The van der Waals surface area contributed by atoms with Crippen LogP contribution in [0.1, 0.15) is 11.6 Å². The lowest BCUT2D eigenvalue weighted by Crippen LogP contribution is -2.34. The molecule has 6 nitrogen and oxygen atoms in total. The van der Waals surface area contributed by atoms with Gasteiger partial charge in [-0.25, -0.2) is 5.06 Å². The third-order valence-electron chi connectivity index (χ3n) is 4.65. The van der Waals surface area contributed by atoms with Gasteiger partial charge in [0.1, 0.15) is 11.7 Å². The second-order valence-corrected chi connectivity index (χ2v) is 7.01. The van der Waals surface area contributed by atoms with E-state index in [0.717, 1.165) is 9.37 Å². The summed E-state index contributed by atoms with van der Waals surface area (Å²) in [6.45, 7) is 0. The number of hydroxylamine groups is 1. The van der Waals surface area contributed by atoms with Gasteiger partial charge in [0.25, 0.3) is 5.91 Å². The first kappa shape index (κ1) is 16.1. The van der Waals surface area contributed by atoms with Crippen molar-refractivity contribution >= 4 is 33.4 Å².